The van der Waals surface area contributed by atoms with Crippen molar-refractivity contribution in [1.29, 1.82) is 0 Å². The highest BCUT2D eigenvalue weighted by molar-refractivity contribution is 5.87. The van der Waals surface area contributed by atoms with E-state index in [0.29, 0.717) is 6.54 Å². The lowest BCUT2D eigenvalue weighted by Gasteiger charge is -2.17. The second-order valence-corrected chi connectivity index (χ2v) is 5.68. The summed E-state index contributed by atoms with van der Waals surface area (Å²) in [7, 11) is 0. The number of nitrogens with one attached hydrogen (secondary N) is 1. The molecule has 0 bridgehead atoms. The molecule has 1 heterocycles. The average Bonchev–Trinajstić information content (AvgIpc) is 3.10. The zero-order valence-electron chi connectivity index (χ0n) is 13.7. The van der Waals surface area contributed by atoms with Crippen molar-refractivity contribution in [2.75, 3.05) is 0 Å². The predicted octanol–water partition coefficient (Wildman–Crippen LogP) is 3.35. The maximum Gasteiger partial charge on any atom is 0.232 e. The van der Waals surface area contributed by atoms with Crippen LogP contribution in [0, 0.1) is 0 Å². The summed E-state index contributed by atoms with van der Waals surface area (Å²) in [6.45, 7) is 3.34. The number of benzene rings is 2. The number of rotatable bonds is 6. The largest absolute Gasteiger partial charge is 0.351 e. The van der Waals surface area contributed by atoms with Crippen molar-refractivity contribution in [1.82, 2.24) is 15.1 Å². The quantitative estimate of drug-likeness (QED) is 0.757. The number of aromatic nitrogens is 2. The van der Waals surface area contributed by atoms with E-state index in [-0.39, 0.29) is 11.8 Å². The Morgan fingerprint density at radius 3 is 2.12 bits per heavy atom. The number of carbonyl (C=O) groups is 1. The first-order valence-corrected chi connectivity index (χ1v) is 8.17. The van der Waals surface area contributed by atoms with Gasteiger partial charge in [0.05, 0.1) is 12.1 Å². The van der Waals surface area contributed by atoms with Gasteiger partial charge >= 0.3 is 0 Å². The van der Waals surface area contributed by atoms with E-state index >= 15 is 0 Å². The topological polar surface area (TPSA) is 46.9 Å². The van der Waals surface area contributed by atoms with Crippen molar-refractivity contribution < 1.29 is 4.79 Å². The third-order valence-corrected chi connectivity index (χ3v) is 4.01. The van der Waals surface area contributed by atoms with Gasteiger partial charge in [-0.05, 0) is 18.1 Å². The van der Waals surface area contributed by atoms with E-state index in [1.165, 1.54) is 0 Å². The maximum atomic E-state index is 12.9. The Kier molecular flexibility index (Phi) is 5.06. The molecule has 0 aliphatic rings. The smallest absolute Gasteiger partial charge is 0.232 e. The average molecular weight is 319 g/mol. The molecule has 2 aromatic carbocycles. The molecule has 0 saturated carbocycles. The number of nitrogens with zero attached hydrogens (tertiary/aromatic N) is 2. The van der Waals surface area contributed by atoms with Crippen LogP contribution in [-0.4, -0.2) is 15.7 Å². The van der Waals surface area contributed by atoms with Gasteiger partial charge in [0.1, 0.15) is 0 Å². The Morgan fingerprint density at radius 2 is 1.62 bits per heavy atom. The van der Waals surface area contributed by atoms with E-state index in [0.717, 1.165) is 23.2 Å². The molecule has 0 aliphatic carbocycles. The molecule has 0 radical (unpaired) electrons. The molecule has 0 fully saturated rings. The van der Waals surface area contributed by atoms with E-state index < -0.39 is 0 Å². The molecule has 0 saturated heterocycles. The summed E-state index contributed by atoms with van der Waals surface area (Å²) in [5.74, 6) is -0.315. The molecule has 24 heavy (non-hydrogen) atoms. The standard InChI is InChI=1S/C20H21N3O/c1-2-23-15-16(14-22-23)13-21-20(24)19(17-9-5-3-6-10-17)18-11-7-4-8-12-18/h3-12,14-15,19H,2,13H2,1H3,(H,21,24). The van der Waals surface area contributed by atoms with Crippen molar-refractivity contribution in [2.24, 2.45) is 0 Å². The minimum atomic E-state index is -0.311. The molecule has 0 unspecified atom stereocenters. The molecule has 3 rings (SSSR count). The molecule has 122 valence electrons. The molecular formula is C20H21N3O. The molecule has 1 aromatic heterocycles. The maximum absolute atomic E-state index is 12.9. The minimum Gasteiger partial charge on any atom is -0.351 e. The van der Waals surface area contributed by atoms with Gasteiger partial charge in [0.25, 0.3) is 0 Å². The summed E-state index contributed by atoms with van der Waals surface area (Å²) in [6, 6.07) is 19.7. The second-order valence-electron chi connectivity index (χ2n) is 5.68. The molecule has 0 spiro atoms. The van der Waals surface area contributed by atoms with Gasteiger partial charge in [-0.15, -0.1) is 0 Å². The molecule has 4 nitrogen and oxygen atoms in total. The van der Waals surface area contributed by atoms with Gasteiger partial charge in [-0.2, -0.15) is 5.10 Å². The zero-order valence-corrected chi connectivity index (χ0v) is 13.7. The SMILES string of the molecule is CCn1cc(CNC(=O)C(c2ccccc2)c2ccccc2)cn1. The first-order valence-electron chi connectivity index (χ1n) is 8.17. The zero-order chi connectivity index (χ0) is 16.8. The number of hydrogen-bond acceptors (Lipinski definition) is 2. The summed E-state index contributed by atoms with van der Waals surface area (Å²) in [5.41, 5.74) is 2.99. The highest BCUT2D eigenvalue weighted by Crippen LogP contribution is 2.24. The van der Waals surface area contributed by atoms with Gasteiger partial charge in [0, 0.05) is 24.8 Å². The summed E-state index contributed by atoms with van der Waals surface area (Å²) in [5, 5.41) is 7.28. The van der Waals surface area contributed by atoms with Gasteiger partial charge in [-0.1, -0.05) is 60.7 Å². The summed E-state index contributed by atoms with van der Waals surface area (Å²) < 4.78 is 1.85. The van der Waals surface area contributed by atoms with Crippen LogP contribution in [0.25, 0.3) is 0 Å². The highest BCUT2D eigenvalue weighted by atomic mass is 16.1. The molecular weight excluding hydrogens is 298 g/mol. The fourth-order valence-corrected chi connectivity index (χ4v) is 2.75. The number of hydrogen-bond donors (Lipinski definition) is 1. The molecule has 4 heteroatoms. The fraction of sp³-hybridized carbons (Fsp3) is 0.200. The van der Waals surface area contributed by atoms with Crippen LogP contribution in [0.1, 0.15) is 29.5 Å². The lowest BCUT2D eigenvalue weighted by atomic mass is 9.90. The number of amides is 1. The van der Waals surface area contributed by atoms with E-state index in [1.807, 2.05) is 78.5 Å². The Balaban J connectivity index is 1.79. The van der Waals surface area contributed by atoms with E-state index in [4.69, 9.17) is 0 Å². The van der Waals surface area contributed by atoms with Gasteiger partial charge in [0.2, 0.25) is 5.91 Å². The normalized spacial score (nSPS) is 10.8. The highest BCUT2D eigenvalue weighted by Gasteiger charge is 2.22. The van der Waals surface area contributed by atoms with E-state index in [1.54, 1.807) is 6.20 Å². The van der Waals surface area contributed by atoms with Crippen molar-refractivity contribution in [2.45, 2.75) is 25.9 Å². The number of aryl methyl sites for hydroxylation is 1. The third kappa shape index (κ3) is 3.71. The van der Waals surface area contributed by atoms with Crippen LogP contribution in [0.15, 0.2) is 73.1 Å². The summed E-state index contributed by atoms with van der Waals surface area (Å²) in [4.78, 5) is 12.9. The van der Waals surface area contributed by atoms with Crippen LogP contribution in [0.2, 0.25) is 0 Å². The molecule has 0 aliphatic heterocycles. The van der Waals surface area contributed by atoms with Crippen LogP contribution in [-0.2, 0) is 17.9 Å². The van der Waals surface area contributed by atoms with Crippen molar-refractivity contribution in [3.63, 3.8) is 0 Å². The van der Waals surface area contributed by atoms with Crippen molar-refractivity contribution in [3.8, 4) is 0 Å². The van der Waals surface area contributed by atoms with Crippen molar-refractivity contribution >= 4 is 5.91 Å². The van der Waals surface area contributed by atoms with Crippen LogP contribution in [0.3, 0.4) is 0 Å². The Labute approximate surface area is 142 Å². The Hall–Kier alpha value is -2.88. The summed E-state index contributed by atoms with van der Waals surface area (Å²) >= 11 is 0. The second kappa shape index (κ2) is 7.59. The minimum absolute atomic E-state index is 0.00310. The molecule has 0 atom stereocenters. The van der Waals surface area contributed by atoms with Crippen LogP contribution < -0.4 is 5.32 Å². The third-order valence-electron chi connectivity index (χ3n) is 4.01. The first-order chi connectivity index (χ1) is 11.8. The fourth-order valence-electron chi connectivity index (χ4n) is 2.75. The monoisotopic (exact) mass is 319 g/mol. The Morgan fingerprint density at radius 1 is 1.04 bits per heavy atom. The predicted molar refractivity (Wildman–Crippen MR) is 94.5 cm³/mol. The molecule has 1 N–H and O–H groups in total. The van der Waals surface area contributed by atoms with Crippen LogP contribution >= 0.6 is 0 Å². The summed E-state index contributed by atoms with van der Waals surface area (Å²) in [6.07, 6.45) is 3.75. The van der Waals surface area contributed by atoms with Gasteiger partial charge in [-0.25, -0.2) is 0 Å². The van der Waals surface area contributed by atoms with Gasteiger partial charge < -0.3 is 5.32 Å². The molecule has 3 aromatic rings. The van der Waals surface area contributed by atoms with Gasteiger partial charge in [0.15, 0.2) is 0 Å². The van der Waals surface area contributed by atoms with E-state index in [9.17, 15) is 4.79 Å². The van der Waals surface area contributed by atoms with Crippen LogP contribution in [0.5, 0.6) is 0 Å². The first kappa shape index (κ1) is 16.0. The van der Waals surface area contributed by atoms with Gasteiger partial charge in [-0.3, -0.25) is 9.48 Å². The number of carbonyl (C=O) groups excluding carboxylic acids is 1. The van der Waals surface area contributed by atoms with Crippen molar-refractivity contribution in [3.05, 3.63) is 89.7 Å². The Bertz CT molecular complexity index is 741. The molecule has 1 amide bonds. The van der Waals surface area contributed by atoms with Crippen LogP contribution in [0.4, 0.5) is 0 Å². The van der Waals surface area contributed by atoms with E-state index in [2.05, 4.69) is 10.4 Å². The lowest BCUT2D eigenvalue weighted by Crippen LogP contribution is -2.29. The lowest BCUT2D eigenvalue weighted by molar-refractivity contribution is -0.121.